The third-order valence-corrected chi connectivity index (χ3v) is 3.14. The highest BCUT2D eigenvalue weighted by Crippen LogP contribution is 2.24. The molecule has 2 rings (SSSR count). The zero-order chi connectivity index (χ0) is 16.3. The standard InChI is InChI=1S/C15H18FN3O3/c1-9(2)6-11(20)8-19-14(17-18-15(19)21)10-4-5-12(16)13(7-10)22-3/h4-5,7,9H,6,8H2,1-3H3,(H,18,21). The molecule has 0 saturated heterocycles. The van der Waals surface area contributed by atoms with Crippen molar-refractivity contribution in [2.45, 2.75) is 26.8 Å². The van der Waals surface area contributed by atoms with Crippen LogP contribution in [-0.2, 0) is 11.3 Å². The Morgan fingerprint density at radius 3 is 2.82 bits per heavy atom. The largest absolute Gasteiger partial charge is 0.494 e. The number of nitrogens with one attached hydrogen (secondary N) is 1. The highest BCUT2D eigenvalue weighted by molar-refractivity contribution is 5.79. The molecule has 1 aromatic carbocycles. The number of nitrogens with zero attached hydrogens (tertiary/aromatic N) is 2. The summed E-state index contributed by atoms with van der Waals surface area (Å²) in [6.45, 7) is 3.80. The van der Waals surface area contributed by atoms with E-state index in [2.05, 4.69) is 10.2 Å². The molecule has 0 atom stereocenters. The van der Waals surface area contributed by atoms with Gasteiger partial charge in [0.2, 0.25) is 0 Å². The topological polar surface area (TPSA) is 77.0 Å². The fourth-order valence-corrected chi connectivity index (χ4v) is 2.18. The number of aromatic amines is 1. The maximum atomic E-state index is 13.5. The number of benzene rings is 1. The van der Waals surface area contributed by atoms with Gasteiger partial charge in [-0.15, -0.1) is 0 Å². The van der Waals surface area contributed by atoms with Crippen molar-refractivity contribution in [1.82, 2.24) is 14.8 Å². The van der Waals surface area contributed by atoms with Crippen LogP contribution in [0.3, 0.4) is 0 Å². The Hall–Kier alpha value is -2.44. The van der Waals surface area contributed by atoms with Crippen molar-refractivity contribution in [2.75, 3.05) is 7.11 Å². The molecule has 0 aliphatic rings. The molecule has 2 aromatic rings. The molecule has 0 aliphatic carbocycles. The molecule has 1 aromatic heterocycles. The predicted molar refractivity (Wildman–Crippen MR) is 79.3 cm³/mol. The molecule has 0 radical (unpaired) electrons. The van der Waals surface area contributed by atoms with Crippen LogP contribution in [0, 0.1) is 11.7 Å². The number of ether oxygens (including phenoxy) is 1. The minimum atomic E-state index is -0.508. The smallest absolute Gasteiger partial charge is 0.343 e. The predicted octanol–water partition coefficient (Wildman–Crippen LogP) is 2.00. The van der Waals surface area contributed by atoms with Gasteiger partial charge < -0.3 is 4.74 Å². The Balaban J connectivity index is 2.37. The van der Waals surface area contributed by atoms with E-state index in [0.717, 1.165) is 0 Å². The van der Waals surface area contributed by atoms with Gasteiger partial charge in [-0.05, 0) is 24.1 Å². The number of carbonyl (C=O) groups is 1. The quantitative estimate of drug-likeness (QED) is 0.885. The lowest BCUT2D eigenvalue weighted by atomic mass is 10.1. The first-order valence-electron chi connectivity index (χ1n) is 6.93. The second-order valence-corrected chi connectivity index (χ2v) is 5.42. The van der Waals surface area contributed by atoms with Crippen molar-refractivity contribution < 1.29 is 13.9 Å². The molecule has 0 fully saturated rings. The van der Waals surface area contributed by atoms with E-state index in [1.54, 1.807) is 0 Å². The zero-order valence-electron chi connectivity index (χ0n) is 12.7. The lowest BCUT2D eigenvalue weighted by Gasteiger charge is -2.08. The summed E-state index contributed by atoms with van der Waals surface area (Å²) >= 11 is 0. The number of rotatable bonds is 6. The van der Waals surface area contributed by atoms with E-state index in [9.17, 15) is 14.0 Å². The van der Waals surface area contributed by atoms with Crippen molar-refractivity contribution in [3.05, 3.63) is 34.5 Å². The second-order valence-electron chi connectivity index (χ2n) is 5.42. The molecular weight excluding hydrogens is 289 g/mol. The zero-order valence-corrected chi connectivity index (χ0v) is 12.7. The molecule has 22 heavy (non-hydrogen) atoms. The molecule has 0 aliphatic heterocycles. The third kappa shape index (κ3) is 3.41. The third-order valence-electron chi connectivity index (χ3n) is 3.14. The van der Waals surface area contributed by atoms with Crippen LogP contribution in [0.5, 0.6) is 5.75 Å². The van der Waals surface area contributed by atoms with E-state index in [1.165, 1.54) is 29.9 Å². The van der Waals surface area contributed by atoms with Gasteiger partial charge in [0.1, 0.15) is 0 Å². The average Bonchev–Trinajstić information content (AvgIpc) is 2.80. The Labute approximate surface area is 126 Å². The van der Waals surface area contributed by atoms with Crippen LogP contribution in [0.1, 0.15) is 20.3 Å². The van der Waals surface area contributed by atoms with Gasteiger partial charge in [0.05, 0.1) is 13.7 Å². The van der Waals surface area contributed by atoms with Crippen LogP contribution in [0.15, 0.2) is 23.0 Å². The number of aromatic nitrogens is 3. The first kappa shape index (κ1) is 15.9. The Morgan fingerprint density at radius 2 is 2.18 bits per heavy atom. The maximum absolute atomic E-state index is 13.5. The molecule has 7 heteroatoms. The Morgan fingerprint density at radius 1 is 1.45 bits per heavy atom. The first-order chi connectivity index (χ1) is 10.4. The summed E-state index contributed by atoms with van der Waals surface area (Å²) in [5.74, 6) is -0.0294. The summed E-state index contributed by atoms with van der Waals surface area (Å²) in [5.41, 5.74) is 0.0179. The monoisotopic (exact) mass is 307 g/mol. The molecule has 118 valence electrons. The van der Waals surface area contributed by atoms with Crippen molar-refractivity contribution >= 4 is 5.78 Å². The number of halogens is 1. The van der Waals surface area contributed by atoms with Gasteiger partial charge >= 0.3 is 5.69 Å². The maximum Gasteiger partial charge on any atom is 0.343 e. The summed E-state index contributed by atoms with van der Waals surface area (Å²) in [7, 11) is 1.35. The lowest BCUT2D eigenvalue weighted by molar-refractivity contribution is -0.120. The fourth-order valence-electron chi connectivity index (χ4n) is 2.18. The highest BCUT2D eigenvalue weighted by atomic mass is 19.1. The SMILES string of the molecule is COc1cc(-c2n[nH]c(=O)n2CC(=O)CC(C)C)ccc1F. The van der Waals surface area contributed by atoms with E-state index >= 15 is 0 Å². The average molecular weight is 307 g/mol. The van der Waals surface area contributed by atoms with Gasteiger partial charge in [-0.2, -0.15) is 5.10 Å². The van der Waals surface area contributed by atoms with Gasteiger partial charge in [-0.25, -0.2) is 14.3 Å². The summed E-state index contributed by atoms with van der Waals surface area (Å²) in [5, 5.41) is 6.24. The number of methoxy groups -OCH3 is 1. The molecule has 1 N–H and O–H groups in total. The number of hydrogen-bond donors (Lipinski definition) is 1. The number of hydrogen-bond acceptors (Lipinski definition) is 4. The van der Waals surface area contributed by atoms with E-state index in [1.807, 2.05) is 13.8 Å². The van der Waals surface area contributed by atoms with Crippen LogP contribution >= 0.6 is 0 Å². The van der Waals surface area contributed by atoms with E-state index in [-0.39, 0.29) is 29.8 Å². The molecule has 0 saturated carbocycles. The summed E-state index contributed by atoms with van der Waals surface area (Å²) in [6, 6.07) is 4.15. The molecule has 0 spiro atoms. The number of H-pyrrole nitrogens is 1. The van der Waals surface area contributed by atoms with Crippen LogP contribution in [0.25, 0.3) is 11.4 Å². The van der Waals surface area contributed by atoms with E-state index in [4.69, 9.17) is 4.74 Å². The molecular formula is C15H18FN3O3. The van der Waals surface area contributed by atoms with Gasteiger partial charge in [-0.3, -0.25) is 9.36 Å². The number of ketones is 1. The van der Waals surface area contributed by atoms with Gasteiger partial charge in [0, 0.05) is 12.0 Å². The van der Waals surface area contributed by atoms with Crippen LogP contribution in [0.4, 0.5) is 4.39 Å². The molecule has 6 nitrogen and oxygen atoms in total. The Kier molecular flexibility index (Phi) is 4.75. The first-order valence-corrected chi connectivity index (χ1v) is 6.93. The van der Waals surface area contributed by atoms with Gasteiger partial charge in [0.25, 0.3) is 0 Å². The Bertz CT molecular complexity index is 734. The summed E-state index contributed by atoms with van der Waals surface area (Å²) in [4.78, 5) is 23.8. The van der Waals surface area contributed by atoms with E-state index < -0.39 is 11.5 Å². The minimum absolute atomic E-state index is 0.0491. The second kappa shape index (κ2) is 6.55. The summed E-state index contributed by atoms with van der Waals surface area (Å²) < 4.78 is 19.6. The summed E-state index contributed by atoms with van der Waals surface area (Å²) in [6.07, 6.45) is 0.379. The van der Waals surface area contributed by atoms with Crippen molar-refractivity contribution in [2.24, 2.45) is 5.92 Å². The van der Waals surface area contributed by atoms with Crippen LogP contribution < -0.4 is 10.4 Å². The molecule has 0 bridgehead atoms. The number of carbonyl (C=O) groups excluding carboxylic acids is 1. The molecule has 1 heterocycles. The highest BCUT2D eigenvalue weighted by Gasteiger charge is 2.16. The fraction of sp³-hybridized carbons (Fsp3) is 0.400. The number of Topliss-reactive ketones (excluding diaryl/α,β-unsaturated/α-hetero) is 1. The molecule has 0 unspecified atom stereocenters. The molecule has 0 amide bonds. The van der Waals surface area contributed by atoms with E-state index in [0.29, 0.717) is 12.0 Å². The van der Waals surface area contributed by atoms with Gasteiger partial charge in [0.15, 0.2) is 23.2 Å². The minimum Gasteiger partial charge on any atom is -0.494 e. The van der Waals surface area contributed by atoms with Crippen LogP contribution in [0.2, 0.25) is 0 Å². The van der Waals surface area contributed by atoms with Crippen LogP contribution in [-0.4, -0.2) is 27.7 Å². The van der Waals surface area contributed by atoms with Crippen molar-refractivity contribution in [3.63, 3.8) is 0 Å². The van der Waals surface area contributed by atoms with Crippen molar-refractivity contribution in [1.29, 1.82) is 0 Å². The normalized spacial score (nSPS) is 11.0. The van der Waals surface area contributed by atoms with Gasteiger partial charge in [-0.1, -0.05) is 13.8 Å². The van der Waals surface area contributed by atoms with Crippen molar-refractivity contribution in [3.8, 4) is 17.1 Å². The lowest BCUT2D eigenvalue weighted by Crippen LogP contribution is -2.23.